The minimum atomic E-state index is 0.792. The van der Waals surface area contributed by atoms with Crippen LogP contribution >= 0.6 is 23.4 Å². The fraction of sp³-hybridized carbons (Fsp3) is 0.125. The summed E-state index contributed by atoms with van der Waals surface area (Å²) in [6.45, 7) is 3.76. The zero-order chi connectivity index (χ0) is 7.56. The molecular formula is C8H8ClS. The largest absolute Gasteiger partial charge is 0.128 e. The van der Waals surface area contributed by atoms with Crippen molar-refractivity contribution in [3.05, 3.63) is 35.7 Å². The molecule has 0 spiro atoms. The van der Waals surface area contributed by atoms with Crippen LogP contribution in [0.1, 0.15) is 5.56 Å². The van der Waals surface area contributed by atoms with Crippen LogP contribution in [0.15, 0.2) is 23.1 Å². The normalized spacial score (nSPS) is 9.90. The summed E-state index contributed by atoms with van der Waals surface area (Å²) < 4.78 is 0. The number of hydrogen-bond acceptors (Lipinski definition) is 1. The zero-order valence-corrected chi connectivity index (χ0v) is 7.30. The molecule has 0 nitrogen and oxygen atoms in total. The van der Waals surface area contributed by atoms with Crippen molar-refractivity contribution in [3.63, 3.8) is 0 Å². The molecule has 0 saturated heterocycles. The lowest BCUT2D eigenvalue weighted by Gasteiger charge is -1.99. The van der Waals surface area contributed by atoms with Crippen LogP contribution in [0.25, 0.3) is 0 Å². The van der Waals surface area contributed by atoms with Crippen LogP contribution in [0.3, 0.4) is 0 Å². The lowest BCUT2D eigenvalue weighted by Crippen LogP contribution is -1.74. The van der Waals surface area contributed by atoms with Crippen LogP contribution in [-0.4, -0.2) is 6.26 Å². The van der Waals surface area contributed by atoms with E-state index in [4.69, 9.17) is 11.6 Å². The van der Waals surface area contributed by atoms with E-state index in [2.05, 4.69) is 6.92 Å². The Morgan fingerprint density at radius 1 is 1.50 bits per heavy atom. The standard InChI is InChI=1S/C8H8ClS/c1-6-3-4-8(10-2)7(9)5-6/h3-5H,1H2,2H3. The van der Waals surface area contributed by atoms with E-state index in [0.29, 0.717) is 0 Å². The van der Waals surface area contributed by atoms with Gasteiger partial charge in [-0.15, -0.1) is 11.8 Å². The molecule has 0 aromatic heterocycles. The average Bonchev–Trinajstić information content (AvgIpc) is 1.88. The van der Waals surface area contributed by atoms with Crippen molar-refractivity contribution in [2.24, 2.45) is 0 Å². The Hall–Kier alpha value is -0.140. The molecule has 0 atom stereocenters. The van der Waals surface area contributed by atoms with Crippen LogP contribution in [0.4, 0.5) is 0 Å². The second-order valence-electron chi connectivity index (χ2n) is 1.97. The van der Waals surface area contributed by atoms with Crippen LogP contribution < -0.4 is 0 Å². The summed E-state index contributed by atoms with van der Waals surface area (Å²) >= 11 is 7.51. The number of halogens is 1. The van der Waals surface area contributed by atoms with Crippen LogP contribution in [0.5, 0.6) is 0 Å². The summed E-state index contributed by atoms with van der Waals surface area (Å²) in [7, 11) is 0. The van der Waals surface area contributed by atoms with Gasteiger partial charge in [0.15, 0.2) is 0 Å². The first-order valence-electron chi connectivity index (χ1n) is 2.89. The third kappa shape index (κ3) is 1.68. The molecule has 0 aliphatic heterocycles. The summed E-state index contributed by atoms with van der Waals surface area (Å²) in [6.07, 6.45) is 2.00. The van der Waals surface area contributed by atoms with Gasteiger partial charge < -0.3 is 0 Å². The highest BCUT2D eigenvalue weighted by Crippen LogP contribution is 2.25. The molecule has 0 amide bonds. The summed E-state index contributed by atoms with van der Waals surface area (Å²) in [5.74, 6) is 0. The van der Waals surface area contributed by atoms with E-state index in [1.54, 1.807) is 11.8 Å². The molecule has 10 heavy (non-hydrogen) atoms. The van der Waals surface area contributed by atoms with Gasteiger partial charge in [-0.25, -0.2) is 0 Å². The predicted octanol–water partition coefficient (Wildman–Crippen LogP) is 3.24. The van der Waals surface area contributed by atoms with Crippen LogP contribution in [-0.2, 0) is 0 Å². The van der Waals surface area contributed by atoms with E-state index in [9.17, 15) is 0 Å². The first-order chi connectivity index (χ1) is 4.74. The SMILES string of the molecule is [CH2]c1ccc(SC)c(Cl)c1. The van der Waals surface area contributed by atoms with Gasteiger partial charge in [-0.2, -0.15) is 0 Å². The molecule has 0 heterocycles. The quantitative estimate of drug-likeness (QED) is 0.585. The Morgan fingerprint density at radius 2 is 2.20 bits per heavy atom. The molecule has 0 fully saturated rings. The van der Waals surface area contributed by atoms with Crippen molar-refractivity contribution >= 4 is 23.4 Å². The van der Waals surface area contributed by atoms with E-state index in [1.807, 2.05) is 24.5 Å². The number of hydrogen-bond donors (Lipinski definition) is 0. The molecule has 1 aromatic rings. The fourth-order valence-corrected chi connectivity index (χ4v) is 1.60. The monoisotopic (exact) mass is 171 g/mol. The molecule has 0 aliphatic carbocycles. The molecule has 0 unspecified atom stereocenters. The van der Waals surface area contributed by atoms with Gasteiger partial charge in [0.25, 0.3) is 0 Å². The first-order valence-corrected chi connectivity index (χ1v) is 4.50. The van der Waals surface area contributed by atoms with Gasteiger partial charge in [-0.05, 0) is 30.9 Å². The maximum Gasteiger partial charge on any atom is 0.0544 e. The van der Waals surface area contributed by atoms with Crippen molar-refractivity contribution in [2.45, 2.75) is 4.90 Å². The lowest BCUT2D eigenvalue weighted by atomic mass is 10.2. The molecule has 0 bridgehead atoms. The van der Waals surface area contributed by atoms with E-state index >= 15 is 0 Å². The molecule has 1 radical (unpaired) electrons. The van der Waals surface area contributed by atoms with Gasteiger partial charge in [0.2, 0.25) is 0 Å². The third-order valence-electron chi connectivity index (χ3n) is 1.22. The van der Waals surface area contributed by atoms with Crippen molar-refractivity contribution in [2.75, 3.05) is 6.26 Å². The Bertz CT molecular complexity index is 233. The van der Waals surface area contributed by atoms with Gasteiger partial charge in [-0.3, -0.25) is 0 Å². The van der Waals surface area contributed by atoms with Crippen molar-refractivity contribution in [1.82, 2.24) is 0 Å². The minimum absolute atomic E-state index is 0.792. The third-order valence-corrected chi connectivity index (χ3v) is 2.44. The Labute approximate surface area is 70.6 Å². The molecule has 0 saturated carbocycles. The predicted molar refractivity (Wildman–Crippen MR) is 47.7 cm³/mol. The molecule has 0 aliphatic rings. The highest BCUT2D eigenvalue weighted by molar-refractivity contribution is 7.98. The molecule has 1 rings (SSSR count). The molecular weight excluding hydrogens is 164 g/mol. The lowest BCUT2D eigenvalue weighted by molar-refractivity contribution is 1.44. The van der Waals surface area contributed by atoms with Gasteiger partial charge in [0.1, 0.15) is 0 Å². The minimum Gasteiger partial charge on any atom is -0.128 e. The van der Waals surface area contributed by atoms with Gasteiger partial charge in [0, 0.05) is 4.90 Å². The van der Waals surface area contributed by atoms with E-state index in [1.165, 1.54) is 0 Å². The molecule has 2 heteroatoms. The maximum atomic E-state index is 5.87. The summed E-state index contributed by atoms with van der Waals surface area (Å²) in [5, 5.41) is 0.792. The maximum absolute atomic E-state index is 5.87. The summed E-state index contributed by atoms with van der Waals surface area (Å²) in [5.41, 5.74) is 0.961. The van der Waals surface area contributed by atoms with Crippen molar-refractivity contribution in [1.29, 1.82) is 0 Å². The second-order valence-corrected chi connectivity index (χ2v) is 3.22. The molecule has 0 N–H and O–H groups in total. The van der Waals surface area contributed by atoms with Crippen molar-refractivity contribution < 1.29 is 0 Å². The molecule has 1 aromatic carbocycles. The molecule has 53 valence electrons. The fourth-order valence-electron chi connectivity index (χ4n) is 0.710. The average molecular weight is 172 g/mol. The van der Waals surface area contributed by atoms with Gasteiger partial charge >= 0.3 is 0 Å². The summed E-state index contributed by atoms with van der Waals surface area (Å²) in [6, 6.07) is 5.81. The second kappa shape index (κ2) is 3.31. The van der Waals surface area contributed by atoms with Gasteiger partial charge in [-0.1, -0.05) is 17.7 Å². The number of benzene rings is 1. The highest BCUT2D eigenvalue weighted by Gasteiger charge is 1.96. The first kappa shape index (κ1) is 7.96. The Kier molecular flexibility index (Phi) is 2.64. The Balaban J connectivity index is 3.07. The van der Waals surface area contributed by atoms with E-state index < -0.39 is 0 Å². The van der Waals surface area contributed by atoms with E-state index in [-0.39, 0.29) is 0 Å². The van der Waals surface area contributed by atoms with E-state index in [0.717, 1.165) is 15.5 Å². The summed E-state index contributed by atoms with van der Waals surface area (Å²) in [4.78, 5) is 1.11. The van der Waals surface area contributed by atoms with Crippen LogP contribution in [0.2, 0.25) is 5.02 Å². The Morgan fingerprint density at radius 3 is 2.70 bits per heavy atom. The topological polar surface area (TPSA) is 0 Å². The number of thioether (sulfide) groups is 1. The number of rotatable bonds is 1. The zero-order valence-electron chi connectivity index (χ0n) is 5.73. The van der Waals surface area contributed by atoms with Crippen molar-refractivity contribution in [3.8, 4) is 0 Å². The smallest absolute Gasteiger partial charge is 0.0544 e. The van der Waals surface area contributed by atoms with Gasteiger partial charge in [0.05, 0.1) is 5.02 Å². The van der Waals surface area contributed by atoms with Crippen LogP contribution in [0, 0.1) is 6.92 Å². The highest BCUT2D eigenvalue weighted by atomic mass is 35.5.